The summed E-state index contributed by atoms with van der Waals surface area (Å²) in [5, 5.41) is 4.57. The number of rotatable bonds is 3. The van der Waals surface area contributed by atoms with E-state index in [4.69, 9.17) is 16.6 Å². The summed E-state index contributed by atoms with van der Waals surface area (Å²) in [5.74, 6) is 1.19. The molecule has 168 valence electrons. The highest BCUT2D eigenvalue weighted by Crippen LogP contribution is 2.39. The molecule has 2 bridgehead atoms. The number of fused-ring (bicyclic) bond motifs is 3. The van der Waals surface area contributed by atoms with Crippen molar-refractivity contribution in [1.82, 2.24) is 24.6 Å². The average molecular weight is 451 g/mol. The van der Waals surface area contributed by atoms with E-state index in [0.717, 1.165) is 54.5 Å². The molecule has 6 heterocycles. The SMILES string of the molecule is Cc1cccnc1[C@@H]1CCC[C@H](c2nc3cccc(N4C5CCC4CN(C)C5)n3c2Cl)N1. The molecule has 3 fully saturated rings. The summed E-state index contributed by atoms with van der Waals surface area (Å²) in [6.45, 7) is 4.37. The lowest BCUT2D eigenvalue weighted by Gasteiger charge is -2.41. The summed E-state index contributed by atoms with van der Waals surface area (Å²) in [6, 6.07) is 12.1. The number of pyridine rings is 2. The molecule has 0 amide bonds. The first-order valence-corrected chi connectivity index (χ1v) is 12.3. The number of piperidine rings is 1. The fraction of sp³-hybridized carbons (Fsp3) is 0.520. The van der Waals surface area contributed by atoms with E-state index in [9.17, 15) is 0 Å². The van der Waals surface area contributed by atoms with Gasteiger partial charge in [-0.15, -0.1) is 0 Å². The van der Waals surface area contributed by atoms with Crippen molar-refractivity contribution in [2.45, 2.75) is 63.2 Å². The van der Waals surface area contributed by atoms with Gasteiger partial charge in [-0.1, -0.05) is 23.7 Å². The maximum Gasteiger partial charge on any atom is 0.139 e. The molecule has 6 rings (SSSR count). The van der Waals surface area contributed by atoms with Crippen LogP contribution in [-0.4, -0.2) is 51.5 Å². The second-order valence-corrected chi connectivity index (χ2v) is 10.1. The Morgan fingerprint density at radius 2 is 1.72 bits per heavy atom. The highest BCUT2D eigenvalue weighted by molar-refractivity contribution is 6.30. The second kappa shape index (κ2) is 8.01. The van der Waals surface area contributed by atoms with Crippen molar-refractivity contribution in [3.8, 4) is 0 Å². The summed E-state index contributed by atoms with van der Waals surface area (Å²) in [4.78, 5) is 14.8. The Hall–Kier alpha value is -2.15. The predicted molar refractivity (Wildman–Crippen MR) is 128 cm³/mol. The van der Waals surface area contributed by atoms with Crippen LogP contribution >= 0.6 is 11.6 Å². The molecule has 0 aromatic carbocycles. The van der Waals surface area contributed by atoms with Crippen LogP contribution in [0.2, 0.25) is 5.15 Å². The minimum absolute atomic E-state index is 0.139. The fourth-order valence-electron chi connectivity index (χ4n) is 6.20. The van der Waals surface area contributed by atoms with Gasteiger partial charge in [0.2, 0.25) is 0 Å². The number of imidazole rings is 1. The molecule has 1 N–H and O–H groups in total. The van der Waals surface area contributed by atoms with Gasteiger partial charge in [0.1, 0.15) is 16.6 Å². The summed E-state index contributed by atoms with van der Waals surface area (Å²) >= 11 is 7.09. The molecule has 3 aliphatic heterocycles. The Bertz CT molecular complexity index is 1130. The third kappa shape index (κ3) is 3.31. The molecule has 0 aliphatic carbocycles. The molecule has 3 saturated heterocycles. The molecule has 7 heteroatoms. The van der Waals surface area contributed by atoms with Crippen LogP contribution in [-0.2, 0) is 0 Å². The lowest BCUT2D eigenvalue weighted by Crippen LogP contribution is -2.53. The van der Waals surface area contributed by atoms with Crippen molar-refractivity contribution in [3.05, 3.63) is 58.6 Å². The van der Waals surface area contributed by atoms with Gasteiger partial charge in [0, 0.05) is 31.4 Å². The zero-order chi connectivity index (χ0) is 21.8. The molecule has 3 aromatic rings. The van der Waals surface area contributed by atoms with Gasteiger partial charge in [-0.25, -0.2) is 4.98 Å². The van der Waals surface area contributed by atoms with Crippen molar-refractivity contribution < 1.29 is 0 Å². The summed E-state index contributed by atoms with van der Waals surface area (Å²) in [6.07, 6.45) is 7.66. The van der Waals surface area contributed by atoms with Gasteiger partial charge < -0.3 is 15.1 Å². The molecular weight excluding hydrogens is 420 g/mol. The predicted octanol–water partition coefficient (Wildman–Crippen LogP) is 4.53. The van der Waals surface area contributed by atoms with E-state index in [2.05, 4.69) is 62.7 Å². The zero-order valence-corrected chi connectivity index (χ0v) is 19.6. The molecule has 2 unspecified atom stereocenters. The molecule has 3 aliphatic rings. The first-order chi connectivity index (χ1) is 15.6. The molecule has 0 spiro atoms. The van der Waals surface area contributed by atoms with Crippen LogP contribution < -0.4 is 10.2 Å². The second-order valence-electron chi connectivity index (χ2n) is 9.79. The molecular formula is C25H31ClN6. The van der Waals surface area contributed by atoms with Crippen molar-refractivity contribution in [1.29, 1.82) is 0 Å². The van der Waals surface area contributed by atoms with Crippen LogP contribution in [0.4, 0.5) is 5.82 Å². The van der Waals surface area contributed by atoms with E-state index in [-0.39, 0.29) is 12.1 Å². The van der Waals surface area contributed by atoms with E-state index in [1.807, 2.05) is 12.3 Å². The van der Waals surface area contributed by atoms with Crippen LogP contribution in [0, 0.1) is 6.92 Å². The number of hydrogen-bond acceptors (Lipinski definition) is 5. The lowest BCUT2D eigenvalue weighted by molar-refractivity contribution is 0.263. The van der Waals surface area contributed by atoms with Crippen LogP contribution in [0.3, 0.4) is 0 Å². The third-order valence-corrected chi connectivity index (χ3v) is 7.98. The van der Waals surface area contributed by atoms with Gasteiger partial charge in [-0.3, -0.25) is 9.38 Å². The Balaban J connectivity index is 1.36. The summed E-state index contributed by atoms with van der Waals surface area (Å²) in [5.41, 5.74) is 4.30. The van der Waals surface area contributed by atoms with E-state index in [1.54, 1.807) is 0 Å². The van der Waals surface area contributed by atoms with Crippen LogP contribution in [0.5, 0.6) is 0 Å². The first-order valence-electron chi connectivity index (χ1n) is 11.9. The zero-order valence-electron chi connectivity index (χ0n) is 18.8. The number of hydrogen-bond donors (Lipinski definition) is 1. The van der Waals surface area contributed by atoms with E-state index in [1.165, 1.54) is 24.2 Å². The molecule has 6 nitrogen and oxygen atoms in total. The smallest absolute Gasteiger partial charge is 0.139 e. The topological polar surface area (TPSA) is 48.7 Å². The lowest BCUT2D eigenvalue weighted by atomic mass is 9.93. The highest BCUT2D eigenvalue weighted by Gasteiger charge is 2.40. The number of halogens is 1. The Morgan fingerprint density at radius 3 is 2.47 bits per heavy atom. The fourth-order valence-corrected chi connectivity index (χ4v) is 6.55. The van der Waals surface area contributed by atoms with Crippen molar-refractivity contribution in [3.63, 3.8) is 0 Å². The van der Waals surface area contributed by atoms with Gasteiger partial charge in [0.15, 0.2) is 0 Å². The van der Waals surface area contributed by atoms with E-state index < -0.39 is 0 Å². The van der Waals surface area contributed by atoms with Gasteiger partial charge in [0.25, 0.3) is 0 Å². The number of likely N-dealkylation sites (N-methyl/N-ethyl adjacent to an activating group) is 1. The standard InChI is InChI=1S/C25H31ClN6/c1-16-6-5-13-27-23(16)19-7-3-8-20(28-19)24-25(26)32-21(29-24)9-4-10-22(32)31-17-11-12-18(31)15-30(2)14-17/h4-6,9-10,13,17-20,28H,3,7-8,11-12,14-15H2,1-2H3/t17?,18?,19-,20+/m0/s1. The van der Waals surface area contributed by atoms with Crippen molar-refractivity contribution in [2.75, 3.05) is 25.0 Å². The maximum absolute atomic E-state index is 7.09. The Kier molecular flexibility index (Phi) is 5.12. The number of nitrogens with zero attached hydrogens (tertiary/aromatic N) is 5. The molecule has 4 atom stereocenters. The number of piperazine rings is 1. The largest absolute Gasteiger partial charge is 0.349 e. The van der Waals surface area contributed by atoms with E-state index >= 15 is 0 Å². The Morgan fingerprint density at radius 1 is 0.969 bits per heavy atom. The van der Waals surface area contributed by atoms with E-state index in [0.29, 0.717) is 12.1 Å². The molecule has 3 aromatic heterocycles. The number of anilines is 1. The number of aryl methyl sites for hydroxylation is 1. The molecule has 0 radical (unpaired) electrons. The monoisotopic (exact) mass is 450 g/mol. The minimum Gasteiger partial charge on any atom is -0.349 e. The summed E-state index contributed by atoms with van der Waals surface area (Å²) in [7, 11) is 2.24. The van der Waals surface area contributed by atoms with Gasteiger partial charge in [-0.05, 0) is 69.8 Å². The minimum atomic E-state index is 0.139. The van der Waals surface area contributed by atoms with Crippen LogP contribution in [0.15, 0.2) is 36.5 Å². The van der Waals surface area contributed by atoms with Crippen molar-refractivity contribution >= 4 is 23.1 Å². The first kappa shape index (κ1) is 20.5. The van der Waals surface area contributed by atoms with Gasteiger partial charge >= 0.3 is 0 Å². The number of nitrogens with one attached hydrogen (secondary N) is 1. The van der Waals surface area contributed by atoms with Crippen molar-refractivity contribution in [2.24, 2.45) is 0 Å². The number of likely N-dealkylation sites (tertiary alicyclic amines) is 1. The molecule has 0 saturated carbocycles. The third-order valence-electron chi connectivity index (χ3n) is 7.62. The highest BCUT2D eigenvalue weighted by atomic mass is 35.5. The van der Waals surface area contributed by atoms with Gasteiger partial charge in [-0.2, -0.15) is 0 Å². The Labute approximate surface area is 194 Å². The normalized spacial score (nSPS) is 28.5. The molecule has 32 heavy (non-hydrogen) atoms. The van der Waals surface area contributed by atoms with Crippen LogP contribution in [0.1, 0.15) is 61.1 Å². The number of aromatic nitrogens is 3. The average Bonchev–Trinajstić information content (AvgIpc) is 3.28. The summed E-state index contributed by atoms with van der Waals surface area (Å²) < 4.78 is 2.19. The van der Waals surface area contributed by atoms with Gasteiger partial charge in [0.05, 0.1) is 23.5 Å². The maximum atomic E-state index is 7.09. The van der Waals surface area contributed by atoms with Crippen LogP contribution in [0.25, 0.3) is 5.65 Å². The quantitative estimate of drug-likeness (QED) is 0.635.